The summed E-state index contributed by atoms with van der Waals surface area (Å²) < 4.78 is 0. The van der Waals surface area contributed by atoms with Crippen molar-refractivity contribution in [1.29, 1.82) is 0 Å². The quantitative estimate of drug-likeness (QED) is 0.389. The van der Waals surface area contributed by atoms with Gasteiger partial charge in [-0.3, -0.25) is 0 Å². The molecule has 1 N–H and O–H groups in total. The molecule has 0 aliphatic heterocycles. The molecule has 16 heavy (non-hydrogen) atoms. The monoisotopic (exact) mass is 289 g/mol. The van der Waals surface area contributed by atoms with Crippen molar-refractivity contribution < 1.29 is 46.5 Å². The SMILES string of the molecule is CC(C)=C1[C-]=CC=C1.[Cl-].[Cl-].[Ti+4].[c-]1ccc[nH]1. The van der Waals surface area contributed by atoms with E-state index in [2.05, 4.69) is 37.2 Å². The summed E-state index contributed by atoms with van der Waals surface area (Å²) in [5.74, 6) is 0. The Labute approximate surface area is 125 Å². The first kappa shape index (κ1) is 21.1. The summed E-state index contributed by atoms with van der Waals surface area (Å²) in [5.41, 5.74) is 2.56. The van der Waals surface area contributed by atoms with Gasteiger partial charge in [0.15, 0.2) is 0 Å². The number of nitrogens with one attached hydrogen (secondary N) is 1. The number of aromatic amines is 1. The Hall–Kier alpha value is -0.206. The van der Waals surface area contributed by atoms with E-state index >= 15 is 0 Å². The third-order valence-electron chi connectivity index (χ3n) is 1.58. The molecule has 1 heterocycles. The summed E-state index contributed by atoms with van der Waals surface area (Å²) >= 11 is 0. The fraction of sp³-hybridized carbons (Fsp3) is 0.167. The van der Waals surface area contributed by atoms with Crippen molar-refractivity contribution in [2.24, 2.45) is 0 Å². The van der Waals surface area contributed by atoms with Crippen LogP contribution in [-0.2, 0) is 21.7 Å². The Morgan fingerprint density at radius 1 is 1.25 bits per heavy atom. The van der Waals surface area contributed by atoms with Gasteiger partial charge in [0.2, 0.25) is 0 Å². The number of hydrogen-bond donors (Lipinski definition) is 1. The van der Waals surface area contributed by atoms with Gasteiger partial charge in [-0.25, -0.2) is 0 Å². The van der Waals surface area contributed by atoms with Gasteiger partial charge in [0.05, 0.1) is 0 Å². The summed E-state index contributed by atoms with van der Waals surface area (Å²) in [4.78, 5) is 2.74. The first-order valence-corrected chi connectivity index (χ1v) is 4.24. The van der Waals surface area contributed by atoms with Crippen LogP contribution in [0.15, 0.2) is 47.7 Å². The van der Waals surface area contributed by atoms with Crippen LogP contribution < -0.4 is 24.8 Å². The minimum Gasteiger partial charge on any atom is -1.00 e. The summed E-state index contributed by atoms with van der Waals surface area (Å²) in [5, 5.41) is 0. The summed E-state index contributed by atoms with van der Waals surface area (Å²) in [6.07, 6.45) is 13.7. The molecule has 1 nitrogen and oxygen atoms in total. The predicted molar refractivity (Wildman–Crippen MR) is 55.0 cm³/mol. The molecule has 0 saturated carbocycles. The second-order valence-corrected chi connectivity index (χ2v) is 2.90. The van der Waals surface area contributed by atoms with Gasteiger partial charge in [-0.15, -0.1) is 17.8 Å². The van der Waals surface area contributed by atoms with E-state index in [0.717, 1.165) is 0 Å². The van der Waals surface area contributed by atoms with E-state index < -0.39 is 0 Å². The van der Waals surface area contributed by atoms with Crippen molar-refractivity contribution in [1.82, 2.24) is 4.98 Å². The molecule has 1 aliphatic carbocycles. The van der Waals surface area contributed by atoms with E-state index in [1.807, 2.05) is 30.5 Å². The van der Waals surface area contributed by atoms with Crippen LogP contribution in [0, 0.1) is 12.3 Å². The van der Waals surface area contributed by atoms with Gasteiger partial charge in [-0.2, -0.15) is 42.1 Å². The summed E-state index contributed by atoms with van der Waals surface area (Å²) in [6.45, 7) is 4.18. The van der Waals surface area contributed by atoms with E-state index in [1.165, 1.54) is 11.1 Å². The molecule has 84 valence electrons. The topological polar surface area (TPSA) is 15.8 Å². The molecule has 0 atom stereocenters. The van der Waals surface area contributed by atoms with Crippen LogP contribution in [0.25, 0.3) is 0 Å². The van der Waals surface area contributed by atoms with Gasteiger partial charge in [-0.1, -0.05) is 13.8 Å². The second-order valence-electron chi connectivity index (χ2n) is 2.90. The van der Waals surface area contributed by atoms with Gasteiger partial charge in [0.25, 0.3) is 0 Å². The van der Waals surface area contributed by atoms with Gasteiger partial charge in [-0.05, 0) is 0 Å². The predicted octanol–water partition coefficient (Wildman–Crippen LogP) is -2.93. The smallest absolute Gasteiger partial charge is 1.00 e. The third kappa shape index (κ3) is 9.05. The van der Waals surface area contributed by atoms with E-state index in [1.54, 1.807) is 0 Å². The van der Waals surface area contributed by atoms with Gasteiger partial charge < -0.3 is 29.8 Å². The van der Waals surface area contributed by atoms with Crippen LogP contribution in [0.2, 0.25) is 0 Å². The van der Waals surface area contributed by atoms with Gasteiger partial charge in [0.1, 0.15) is 0 Å². The molecular weight excluding hydrogens is 277 g/mol. The molecule has 2 rings (SSSR count). The maximum Gasteiger partial charge on any atom is 4.00 e. The Morgan fingerprint density at radius 2 is 1.94 bits per heavy atom. The van der Waals surface area contributed by atoms with E-state index in [0.29, 0.717) is 0 Å². The Bertz CT molecular complexity index is 292. The van der Waals surface area contributed by atoms with Crippen LogP contribution in [0.4, 0.5) is 0 Å². The number of H-pyrrole nitrogens is 1. The average molecular weight is 290 g/mol. The van der Waals surface area contributed by atoms with Crippen LogP contribution in [0.5, 0.6) is 0 Å². The first-order chi connectivity index (χ1) is 6.30. The average Bonchev–Trinajstić information content (AvgIpc) is 2.82. The molecule has 0 radical (unpaired) electrons. The Morgan fingerprint density at radius 3 is 2.12 bits per heavy atom. The molecule has 1 aromatic rings. The molecule has 1 aromatic heterocycles. The van der Waals surface area contributed by atoms with Crippen molar-refractivity contribution in [3.05, 3.63) is 60.0 Å². The fourth-order valence-electron chi connectivity index (χ4n) is 0.882. The standard InChI is InChI=1S/C8H9.C4H4N.2ClH.Ti/c1-7(2)8-5-3-4-6-8;1-2-4-5-3-1;;;/h3-5H,1-2H3;1-3,5H;2*1H;/q2*-1;;;+4/p-2. The number of hydrogen-bond acceptors (Lipinski definition) is 0. The van der Waals surface area contributed by atoms with Crippen LogP contribution in [0.1, 0.15) is 13.8 Å². The normalized spacial score (nSPS) is 10.2. The zero-order valence-electron chi connectivity index (χ0n) is 9.22. The van der Waals surface area contributed by atoms with E-state index in [4.69, 9.17) is 0 Å². The Kier molecular flexibility index (Phi) is 17.0. The molecule has 0 bridgehead atoms. The van der Waals surface area contributed by atoms with Crippen molar-refractivity contribution in [2.75, 3.05) is 0 Å². The maximum atomic E-state index is 3.10. The van der Waals surface area contributed by atoms with E-state index in [9.17, 15) is 0 Å². The molecule has 4 heteroatoms. The van der Waals surface area contributed by atoms with Gasteiger partial charge in [0, 0.05) is 0 Å². The fourth-order valence-corrected chi connectivity index (χ4v) is 0.882. The zero-order chi connectivity index (χ0) is 9.52. The number of rotatable bonds is 0. The van der Waals surface area contributed by atoms with Crippen molar-refractivity contribution in [2.45, 2.75) is 13.8 Å². The zero-order valence-corrected chi connectivity index (χ0v) is 12.3. The minimum atomic E-state index is 0. The second kappa shape index (κ2) is 12.9. The van der Waals surface area contributed by atoms with Crippen molar-refractivity contribution >= 4 is 0 Å². The Balaban J connectivity index is -0.000000189. The molecule has 0 aromatic carbocycles. The largest absolute Gasteiger partial charge is 4.00 e. The summed E-state index contributed by atoms with van der Waals surface area (Å²) in [6, 6.07) is 3.71. The molecule has 0 unspecified atom stereocenters. The molecule has 0 fully saturated rings. The molecule has 0 spiro atoms. The number of allylic oxidation sites excluding steroid dienone is 6. The summed E-state index contributed by atoms with van der Waals surface area (Å²) in [7, 11) is 0. The van der Waals surface area contributed by atoms with E-state index in [-0.39, 0.29) is 46.5 Å². The van der Waals surface area contributed by atoms with Crippen molar-refractivity contribution in [3.63, 3.8) is 0 Å². The van der Waals surface area contributed by atoms with Gasteiger partial charge >= 0.3 is 21.7 Å². The maximum absolute atomic E-state index is 3.10. The first-order valence-electron chi connectivity index (χ1n) is 4.24. The molecule has 0 amide bonds. The molecular formula is C12H13Cl2NTi. The van der Waals surface area contributed by atoms with Crippen LogP contribution in [0.3, 0.4) is 0 Å². The number of halogens is 2. The van der Waals surface area contributed by atoms with Crippen LogP contribution >= 0.6 is 0 Å². The van der Waals surface area contributed by atoms with Crippen LogP contribution in [-0.4, -0.2) is 4.98 Å². The number of aromatic nitrogens is 1. The molecule has 1 aliphatic rings. The third-order valence-corrected chi connectivity index (χ3v) is 1.58. The van der Waals surface area contributed by atoms with Crippen molar-refractivity contribution in [3.8, 4) is 0 Å². The molecule has 0 saturated heterocycles. The minimum absolute atomic E-state index is 0.